The maximum absolute atomic E-state index is 12.1. The van der Waals surface area contributed by atoms with E-state index in [1.54, 1.807) is 0 Å². The molecule has 33 heavy (non-hydrogen) atoms. The number of aromatic carboxylic acids is 1. The molecule has 6 heteroatoms. The first-order valence-electron chi connectivity index (χ1n) is 13.1. The van der Waals surface area contributed by atoms with E-state index in [1.807, 2.05) is 13.8 Å². The van der Waals surface area contributed by atoms with Gasteiger partial charge < -0.3 is 24.4 Å². The lowest BCUT2D eigenvalue weighted by Crippen LogP contribution is -2.12. The van der Waals surface area contributed by atoms with Crippen molar-refractivity contribution >= 4 is 5.97 Å². The third-order valence-electron chi connectivity index (χ3n) is 5.57. The van der Waals surface area contributed by atoms with Crippen molar-refractivity contribution in [3.8, 4) is 23.0 Å². The van der Waals surface area contributed by atoms with Crippen LogP contribution in [0.5, 0.6) is 23.0 Å². The summed E-state index contributed by atoms with van der Waals surface area (Å²) in [5.74, 6) is -0.823. The Kier molecular flexibility index (Phi) is 15.2. The van der Waals surface area contributed by atoms with Gasteiger partial charge in [0.25, 0.3) is 0 Å². The van der Waals surface area contributed by atoms with E-state index in [4.69, 9.17) is 14.2 Å². The highest BCUT2D eigenvalue weighted by Crippen LogP contribution is 2.49. The Bertz CT molecular complexity index is 686. The standard InChI is InChI=1S/C27H46O6/c1-5-9-11-13-15-17-21-24(33-20-16-14-12-10-6-2)23(28)22(27(29)30)26(32-19-8-4)25(21)31-18-7-3/h28H,5-20H2,1-4H3,(H,29,30). The zero-order valence-electron chi connectivity index (χ0n) is 21.3. The fourth-order valence-electron chi connectivity index (χ4n) is 3.78. The second-order valence-electron chi connectivity index (χ2n) is 8.62. The average Bonchev–Trinajstić information content (AvgIpc) is 2.80. The van der Waals surface area contributed by atoms with Gasteiger partial charge >= 0.3 is 5.97 Å². The van der Waals surface area contributed by atoms with Gasteiger partial charge in [-0.25, -0.2) is 4.79 Å². The van der Waals surface area contributed by atoms with Gasteiger partial charge in [-0.2, -0.15) is 0 Å². The highest BCUT2D eigenvalue weighted by Gasteiger charge is 2.31. The van der Waals surface area contributed by atoms with Crippen LogP contribution in [0.2, 0.25) is 0 Å². The van der Waals surface area contributed by atoms with Crippen LogP contribution >= 0.6 is 0 Å². The van der Waals surface area contributed by atoms with Gasteiger partial charge in [0, 0.05) is 5.56 Å². The molecule has 6 nitrogen and oxygen atoms in total. The van der Waals surface area contributed by atoms with E-state index in [1.165, 1.54) is 25.7 Å². The molecule has 0 spiro atoms. The normalized spacial score (nSPS) is 10.9. The summed E-state index contributed by atoms with van der Waals surface area (Å²) in [7, 11) is 0. The Hall–Kier alpha value is -2.11. The molecule has 0 aliphatic carbocycles. The molecule has 190 valence electrons. The zero-order chi connectivity index (χ0) is 24.5. The second kappa shape index (κ2) is 17.4. The van der Waals surface area contributed by atoms with Crippen LogP contribution in [0.4, 0.5) is 0 Å². The lowest BCUT2D eigenvalue weighted by Gasteiger charge is -2.23. The first-order chi connectivity index (χ1) is 16.0. The van der Waals surface area contributed by atoms with Crippen LogP contribution in [-0.2, 0) is 6.42 Å². The highest BCUT2D eigenvalue weighted by molar-refractivity contribution is 5.97. The van der Waals surface area contributed by atoms with Crippen LogP contribution in [0, 0.1) is 0 Å². The van der Waals surface area contributed by atoms with Crippen LogP contribution in [-0.4, -0.2) is 36.0 Å². The molecule has 1 rings (SSSR count). The smallest absolute Gasteiger partial charge is 0.343 e. The van der Waals surface area contributed by atoms with E-state index in [0.717, 1.165) is 56.9 Å². The number of ether oxygens (including phenoxy) is 3. The number of unbranched alkanes of at least 4 members (excludes halogenated alkanes) is 8. The van der Waals surface area contributed by atoms with Crippen LogP contribution in [0.3, 0.4) is 0 Å². The van der Waals surface area contributed by atoms with Gasteiger partial charge in [0.15, 0.2) is 28.6 Å². The van der Waals surface area contributed by atoms with Crippen LogP contribution in [0.1, 0.15) is 121 Å². The van der Waals surface area contributed by atoms with E-state index >= 15 is 0 Å². The first-order valence-corrected chi connectivity index (χ1v) is 13.1. The lowest BCUT2D eigenvalue weighted by atomic mass is 9.99. The molecule has 1 aromatic carbocycles. The zero-order valence-corrected chi connectivity index (χ0v) is 21.3. The Morgan fingerprint density at radius 2 is 1.15 bits per heavy atom. The molecule has 0 amide bonds. The van der Waals surface area contributed by atoms with Crippen molar-refractivity contribution in [3.05, 3.63) is 11.1 Å². The summed E-state index contributed by atoms with van der Waals surface area (Å²) in [6.45, 7) is 9.53. The van der Waals surface area contributed by atoms with Gasteiger partial charge in [-0.3, -0.25) is 0 Å². The molecule has 0 atom stereocenters. The minimum absolute atomic E-state index is 0.120. The molecule has 0 fully saturated rings. The Balaban J connectivity index is 3.35. The summed E-state index contributed by atoms with van der Waals surface area (Å²) < 4.78 is 18.0. The molecule has 0 bridgehead atoms. The number of hydrogen-bond acceptors (Lipinski definition) is 5. The average molecular weight is 467 g/mol. The van der Waals surface area contributed by atoms with Gasteiger partial charge in [0.2, 0.25) is 0 Å². The summed E-state index contributed by atoms with van der Waals surface area (Å²) in [6.07, 6.45) is 13.0. The van der Waals surface area contributed by atoms with Crippen molar-refractivity contribution in [2.75, 3.05) is 19.8 Å². The largest absolute Gasteiger partial charge is 0.504 e. The molecule has 2 N–H and O–H groups in total. The summed E-state index contributed by atoms with van der Waals surface area (Å²) >= 11 is 0. The Labute approximate surface area is 200 Å². The van der Waals surface area contributed by atoms with Crippen molar-refractivity contribution in [2.45, 2.75) is 111 Å². The lowest BCUT2D eigenvalue weighted by molar-refractivity contribution is 0.0686. The SMILES string of the molecule is CCCCCCCOc1c(O)c(C(=O)O)c(OCCC)c(OCCC)c1CCCCCCC. The molecule has 1 aromatic rings. The third kappa shape index (κ3) is 9.73. The van der Waals surface area contributed by atoms with Gasteiger partial charge in [-0.15, -0.1) is 0 Å². The number of carboxylic acid groups (broad SMARTS) is 1. The number of rotatable bonds is 20. The molecule has 0 heterocycles. The van der Waals surface area contributed by atoms with Gasteiger partial charge in [0.1, 0.15) is 0 Å². The fourth-order valence-corrected chi connectivity index (χ4v) is 3.78. The number of hydrogen-bond donors (Lipinski definition) is 2. The maximum atomic E-state index is 12.1. The molecule has 0 unspecified atom stereocenters. The van der Waals surface area contributed by atoms with Gasteiger partial charge in [-0.05, 0) is 32.1 Å². The second-order valence-corrected chi connectivity index (χ2v) is 8.62. The molecule has 0 saturated heterocycles. The van der Waals surface area contributed by atoms with Gasteiger partial charge in [-0.1, -0.05) is 79.1 Å². The minimum Gasteiger partial charge on any atom is -0.504 e. The molecule has 0 saturated carbocycles. The molecule has 0 aliphatic heterocycles. The van der Waals surface area contributed by atoms with Crippen molar-refractivity contribution in [3.63, 3.8) is 0 Å². The van der Waals surface area contributed by atoms with E-state index in [0.29, 0.717) is 32.0 Å². The maximum Gasteiger partial charge on any atom is 0.343 e. The monoisotopic (exact) mass is 466 g/mol. The highest BCUT2D eigenvalue weighted by atomic mass is 16.5. The molecular weight excluding hydrogens is 420 g/mol. The summed E-state index contributed by atoms with van der Waals surface area (Å²) in [6, 6.07) is 0. The van der Waals surface area contributed by atoms with Crippen molar-refractivity contribution in [2.24, 2.45) is 0 Å². The van der Waals surface area contributed by atoms with Crippen molar-refractivity contribution in [1.82, 2.24) is 0 Å². The first kappa shape index (κ1) is 28.9. The number of aromatic hydroxyl groups is 1. The van der Waals surface area contributed by atoms with E-state index < -0.39 is 5.97 Å². The van der Waals surface area contributed by atoms with Crippen molar-refractivity contribution in [1.29, 1.82) is 0 Å². The molecule has 0 aromatic heterocycles. The summed E-state index contributed by atoms with van der Waals surface area (Å²) in [5.41, 5.74) is 0.451. The summed E-state index contributed by atoms with van der Waals surface area (Å²) in [4.78, 5) is 12.1. The van der Waals surface area contributed by atoms with E-state index in [2.05, 4.69) is 13.8 Å². The minimum atomic E-state index is -1.25. The van der Waals surface area contributed by atoms with Crippen LogP contribution in [0.15, 0.2) is 0 Å². The van der Waals surface area contributed by atoms with E-state index in [-0.39, 0.29) is 22.8 Å². The number of benzene rings is 1. The quantitative estimate of drug-likeness (QED) is 0.193. The Morgan fingerprint density at radius 1 is 0.636 bits per heavy atom. The topological polar surface area (TPSA) is 85.2 Å². The Morgan fingerprint density at radius 3 is 1.70 bits per heavy atom. The van der Waals surface area contributed by atoms with Crippen LogP contribution < -0.4 is 14.2 Å². The number of phenols is 1. The number of carbonyl (C=O) groups is 1. The third-order valence-corrected chi connectivity index (χ3v) is 5.57. The van der Waals surface area contributed by atoms with Crippen LogP contribution in [0.25, 0.3) is 0 Å². The fraction of sp³-hybridized carbons (Fsp3) is 0.741. The molecule has 0 aliphatic rings. The molecule has 0 radical (unpaired) electrons. The van der Waals surface area contributed by atoms with Gasteiger partial charge in [0.05, 0.1) is 19.8 Å². The van der Waals surface area contributed by atoms with Crippen molar-refractivity contribution < 1.29 is 29.2 Å². The predicted molar refractivity (Wildman–Crippen MR) is 133 cm³/mol. The summed E-state index contributed by atoms with van der Waals surface area (Å²) in [5, 5.41) is 20.9. The predicted octanol–water partition coefficient (Wildman–Crippen LogP) is 7.53. The molecular formula is C27H46O6. The van der Waals surface area contributed by atoms with E-state index in [9.17, 15) is 15.0 Å². The number of carboxylic acids is 1.